The summed E-state index contributed by atoms with van der Waals surface area (Å²) in [5, 5.41) is 9.06. The number of hydrogen-bond acceptors (Lipinski definition) is 3. The number of benzene rings is 1. The molecule has 0 saturated heterocycles. The summed E-state index contributed by atoms with van der Waals surface area (Å²) in [6.07, 6.45) is 2.07. The Labute approximate surface area is 107 Å². The van der Waals surface area contributed by atoms with E-state index in [1.54, 1.807) is 17.9 Å². The Balaban J connectivity index is 2.19. The average molecular weight is 243 g/mol. The number of carbonyl (C=O) groups excluding carboxylic acids is 1. The van der Waals surface area contributed by atoms with E-state index in [-0.39, 0.29) is 5.91 Å². The molecule has 1 saturated carbocycles. The lowest BCUT2D eigenvalue weighted by Crippen LogP contribution is -2.43. The van der Waals surface area contributed by atoms with Crippen LogP contribution in [0.4, 0.5) is 0 Å². The van der Waals surface area contributed by atoms with Crippen LogP contribution in [0.1, 0.15) is 30.9 Å². The predicted molar refractivity (Wildman–Crippen MR) is 68.4 cm³/mol. The zero-order valence-electron chi connectivity index (χ0n) is 10.5. The SMILES string of the molecule is CC(N)C(=O)N(Cc1ccccc1C#N)C1CC1. The molecule has 1 aliphatic carbocycles. The van der Waals surface area contributed by atoms with E-state index in [0.29, 0.717) is 18.2 Å². The monoisotopic (exact) mass is 243 g/mol. The number of nitrogens with zero attached hydrogens (tertiary/aromatic N) is 2. The van der Waals surface area contributed by atoms with Gasteiger partial charge in [0.05, 0.1) is 17.7 Å². The van der Waals surface area contributed by atoms with Gasteiger partial charge in [-0.15, -0.1) is 0 Å². The van der Waals surface area contributed by atoms with Crippen LogP contribution in [0.3, 0.4) is 0 Å². The van der Waals surface area contributed by atoms with Gasteiger partial charge in [0.1, 0.15) is 0 Å². The standard InChI is InChI=1S/C14H17N3O/c1-10(16)14(18)17(13-6-7-13)9-12-5-3-2-4-11(12)8-15/h2-5,10,13H,6-7,9,16H2,1H3. The van der Waals surface area contributed by atoms with E-state index in [1.807, 2.05) is 18.2 Å². The van der Waals surface area contributed by atoms with Crippen molar-refractivity contribution in [1.29, 1.82) is 5.26 Å². The van der Waals surface area contributed by atoms with Crippen molar-refractivity contribution in [3.8, 4) is 6.07 Å². The third-order valence-corrected chi connectivity index (χ3v) is 3.14. The third-order valence-electron chi connectivity index (χ3n) is 3.14. The molecule has 1 aliphatic rings. The molecule has 1 atom stereocenters. The van der Waals surface area contributed by atoms with Gasteiger partial charge in [-0.3, -0.25) is 4.79 Å². The summed E-state index contributed by atoms with van der Waals surface area (Å²) in [6, 6.07) is 9.36. The van der Waals surface area contributed by atoms with Crippen LogP contribution < -0.4 is 5.73 Å². The molecule has 1 aromatic rings. The average Bonchev–Trinajstić information content (AvgIpc) is 3.19. The highest BCUT2D eigenvalue weighted by atomic mass is 16.2. The topological polar surface area (TPSA) is 70.1 Å². The minimum absolute atomic E-state index is 0.0368. The molecule has 4 heteroatoms. The van der Waals surface area contributed by atoms with Gasteiger partial charge in [-0.05, 0) is 31.4 Å². The molecule has 94 valence electrons. The van der Waals surface area contributed by atoms with Crippen LogP contribution >= 0.6 is 0 Å². The summed E-state index contributed by atoms with van der Waals surface area (Å²) in [5.74, 6) is -0.0368. The van der Waals surface area contributed by atoms with Crippen molar-refractivity contribution in [2.24, 2.45) is 5.73 Å². The van der Waals surface area contributed by atoms with Crippen LogP contribution in [-0.4, -0.2) is 22.9 Å². The fourth-order valence-electron chi connectivity index (χ4n) is 1.99. The third kappa shape index (κ3) is 2.69. The summed E-state index contributed by atoms with van der Waals surface area (Å²) in [6.45, 7) is 2.18. The molecular weight excluding hydrogens is 226 g/mol. The molecule has 1 fully saturated rings. The van der Waals surface area contributed by atoms with Gasteiger partial charge in [-0.25, -0.2) is 0 Å². The van der Waals surface area contributed by atoms with Gasteiger partial charge in [-0.2, -0.15) is 5.26 Å². The molecule has 1 aromatic carbocycles. The number of amides is 1. The lowest BCUT2D eigenvalue weighted by atomic mass is 10.1. The van der Waals surface area contributed by atoms with E-state index >= 15 is 0 Å². The van der Waals surface area contributed by atoms with Crippen molar-refractivity contribution in [3.63, 3.8) is 0 Å². The highest BCUT2D eigenvalue weighted by molar-refractivity contribution is 5.81. The van der Waals surface area contributed by atoms with E-state index < -0.39 is 6.04 Å². The van der Waals surface area contributed by atoms with E-state index in [2.05, 4.69) is 6.07 Å². The molecule has 0 spiro atoms. The smallest absolute Gasteiger partial charge is 0.239 e. The molecule has 0 aromatic heterocycles. The Morgan fingerprint density at radius 1 is 1.56 bits per heavy atom. The minimum atomic E-state index is -0.486. The normalized spacial score (nSPS) is 15.8. The van der Waals surface area contributed by atoms with E-state index in [4.69, 9.17) is 11.0 Å². The lowest BCUT2D eigenvalue weighted by molar-refractivity contribution is -0.133. The molecule has 1 amide bonds. The van der Waals surface area contributed by atoms with Gasteiger partial charge in [0.2, 0.25) is 5.91 Å². The molecule has 18 heavy (non-hydrogen) atoms. The first-order chi connectivity index (χ1) is 8.63. The second-order valence-electron chi connectivity index (χ2n) is 4.75. The Kier molecular flexibility index (Phi) is 3.63. The van der Waals surface area contributed by atoms with Crippen LogP contribution in [0, 0.1) is 11.3 Å². The Morgan fingerprint density at radius 2 is 2.22 bits per heavy atom. The van der Waals surface area contributed by atoms with Gasteiger partial charge in [0.25, 0.3) is 0 Å². The highest BCUT2D eigenvalue weighted by Crippen LogP contribution is 2.29. The van der Waals surface area contributed by atoms with Crippen LogP contribution in [0.25, 0.3) is 0 Å². The zero-order valence-corrected chi connectivity index (χ0v) is 10.5. The molecule has 0 bridgehead atoms. The minimum Gasteiger partial charge on any atom is -0.334 e. The van der Waals surface area contributed by atoms with Crippen LogP contribution in [0.15, 0.2) is 24.3 Å². The van der Waals surface area contributed by atoms with Crippen molar-refractivity contribution in [1.82, 2.24) is 4.90 Å². The molecule has 4 nitrogen and oxygen atoms in total. The number of nitrogens with two attached hydrogens (primary N) is 1. The first kappa shape index (κ1) is 12.6. The van der Waals surface area contributed by atoms with Gasteiger partial charge in [0, 0.05) is 12.6 Å². The predicted octanol–water partition coefficient (Wildman–Crippen LogP) is 1.40. The van der Waals surface area contributed by atoms with Gasteiger partial charge in [-0.1, -0.05) is 18.2 Å². The quantitative estimate of drug-likeness (QED) is 0.868. The fourth-order valence-corrected chi connectivity index (χ4v) is 1.99. The molecule has 2 N–H and O–H groups in total. The summed E-state index contributed by atoms with van der Waals surface area (Å²) in [5.41, 5.74) is 7.19. The van der Waals surface area contributed by atoms with E-state index in [0.717, 1.165) is 18.4 Å². The largest absolute Gasteiger partial charge is 0.334 e. The van der Waals surface area contributed by atoms with Crippen molar-refractivity contribution in [2.75, 3.05) is 0 Å². The van der Waals surface area contributed by atoms with E-state index in [9.17, 15) is 4.79 Å². The maximum absolute atomic E-state index is 12.0. The number of hydrogen-bond donors (Lipinski definition) is 1. The number of nitriles is 1. The van der Waals surface area contributed by atoms with Crippen molar-refractivity contribution < 1.29 is 4.79 Å². The van der Waals surface area contributed by atoms with Crippen molar-refractivity contribution in [2.45, 2.75) is 38.4 Å². The van der Waals surface area contributed by atoms with Crippen molar-refractivity contribution in [3.05, 3.63) is 35.4 Å². The summed E-state index contributed by atoms with van der Waals surface area (Å²) in [7, 11) is 0. The summed E-state index contributed by atoms with van der Waals surface area (Å²) in [4.78, 5) is 13.9. The first-order valence-electron chi connectivity index (χ1n) is 6.17. The van der Waals surface area contributed by atoms with Crippen LogP contribution in [0.2, 0.25) is 0 Å². The maximum Gasteiger partial charge on any atom is 0.239 e. The second kappa shape index (κ2) is 5.19. The van der Waals surface area contributed by atoms with Gasteiger partial charge < -0.3 is 10.6 Å². The molecule has 2 rings (SSSR count). The van der Waals surface area contributed by atoms with Gasteiger partial charge >= 0.3 is 0 Å². The molecule has 0 radical (unpaired) electrons. The number of rotatable bonds is 4. The first-order valence-corrected chi connectivity index (χ1v) is 6.17. The Morgan fingerprint density at radius 3 is 2.78 bits per heavy atom. The summed E-state index contributed by atoms with van der Waals surface area (Å²) >= 11 is 0. The Bertz CT molecular complexity index is 486. The highest BCUT2D eigenvalue weighted by Gasteiger charge is 2.33. The number of carbonyl (C=O) groups is 1. The maximum atomic E-state index is 12.0. The Hall–Kier alpha value is -1.86. The summed E-state index contributed by atoms with van der Waals surface area (Å²) < 4.78 is 0. The molecule has 0 aliphatic heterocycles. The fraction of sp³-hybridized carbons (Fsp3) is 0.429. The molecule has 1 unspecified atom stereocenters. The van der Waals surface area contributed by atoms with Crippen LogP contribution in [0.5, 0.6) is 0 Å². The molecular formula is C14H17N3O. The van der Waals surface area contributed by atoms with E-state index in [1.165, 1.54) is 0 Å². The van der Waals surface area contributed by atoms with Crippen LogP contribution in [-0.2, 0) is 11.3 Å². The van der Waals surface area contributed by atoms with Crippen molar-refractivity contribution >= 4 is 5.91 Å². The lowest BCUT2D eigenvalue weighted by Gasteiger charge is -2.24. The zero-order chi connectivity index (χ0) is 13.1. The molecule has 0 heterocycles. The van der Waals surface area contributed by atoms with Gasteiger partial charge in [0.15, 0.2) is 0 Å². The second-order valence-corrected chi connectivity index (χ2v) is 4.75.